The van der Waals surface area contributed by atoms with Crippen molar-refractivity contribution in [3.8, 4) is 0 Å². The van der Waals surface area contributed by atoms with Crippen LogP contribution in [0.2, 0.25) is 0 Å². The Balaban J connectivity index is 1.53. The zero-order valence-corrected chi connectivity index (χ0v) is 12.5. The van der Waals surface area contributed by atoms with Gasteiger partial charge in [-0.05, 0) is 49.2 Å². The average Bonchev–Trinajstić information content (AvgIpc) is 3.26. The fourth-order valence-electron chi connectivity index (χ4n) is 2.32. The Bertz CT molecular complexity index is 657. The molecular formula is C17H17NO5. The lowest BCUT2D eigenvalue weighted by Gasteiger charge is -2.10. The molecule has 1 amide bonds. The standard InChI is InChI=1S/C17H17NO5/c19-16(15-4-2-10-22-15)18-13-7-5-12(6-8-13)17(20)23-11-14-3-1-9-21-14/h2,4-8,10,14H,1,3,9,11H2,(H,18,19)/t14-/m0/s1. The monoisotopic (exact) mass is 315 g/mol. The van der Waals surface area contributed by atoms with Crippen LogP contribution in [0, 0.1) is 0 Å². The Morgan fingerprint density at radius 1 is 1.22 bits per heavy atom. The number of hydrogen-bond acceptors (Lipinski definition) is 5. The molecule has 0 saturated carbocycles. The van der Waals surface area contributed by atoms with Crippen LogP contribution in [0.25, 0.3) is 0 Å². The number of furan rings is 1. The molecule has 0 aliphatic carbocycles. The molecule has 1 aromatic carbocycles. The number of hydrogen-bond donors (Lipinski definition) is 1. The van der Waals surface area contributed by atoms with Crippen LogP contribution in [-0.4, -0.2) is 31.2 Å². The van der Waals surface area contributed by atoms with Crippen molar-refractivity contribution in [1.82, 2.24) is 0 Å². The smallest absolute Gasteiger partial charge is 0.338 e. The first-order valence-electron chi connectivity index (χ1n) is 7.46. The minimum atomic E-state index is -0.399. The van der Waals surface area contributed by atoms with Gasteiger partial charge in [-0.2, -0.15) is 0 Å². The minimum Gasteiger partial charge on any atom is -0.459 e. The third-order valence-corrected chi connectivity index (χ3v) is 3.55. The lowest BCUT2D eigenvalue weighted by molar-refractivity contribution is 0.0161. The van der Waals surface area contributed by atoms with E-state index in [1.807, 2.05) is 0 Å². The zero-order valence-electron chi connectivity index (χ0n) is 12.5. The normalized spacial score (nSPS) is 17.0. The third-order valence-electron chi connectivity index (χ3n) is 3.55. The van der Waals surface area contributed by atoms with E-state index in [0.29, 0.717) is 11.3 Å². The molecule has 1 aromatic heterocycles. The lowest BCUT2D eigenvalue weighted by Crippen LogP contribution is -2.18. The predicted octanol–water partition coefficient (Wildman–Crippen LogP) is 2.87. The van der Waals surface area contributed by atoms with Crippen LogP contribution in [-0.2, 0) is 9.47 Å². The summed E-state index contributed by atoms with van der Waals surface area (Å²) in [7, 11) is 0. The van der Waals surface area contributed by atoms with Gasteiger partial charge in [0.05, 0.1) is 17.9 Å². The fraction of sp³-hybridized carbons (Fsp3) is 0.294. The van der Waals surface area contributed by atoms with Gasteiger partial charge in [0.25, 0.3) is 5.91 Å². The highest BCUT2D eigenvalue weighted by molar-refractivity contribution is 6.02. The lowest BCUT2D eigenvalue weighted by atomic mass is 10.2. The first-order valence-corrected chi connectivity index (χ1v) is 7.46. The van der Waals surface area contributed by atoms with Gasteiger partial charge in [-0.3, -0.25) is 4.79 Å². The molecule has 1 aliphatic rings. The molecule has 6 heteroatoms. The molecule has 1 N–H and O–H groups in total. The van der Waals surface area contributed by atoms with E-state index in [4.69, 9.17) is 13.9 Å². The molecule has 0 spiro atoms. The van der Waals surface area contributed by atoms with Gasteiger partial charge < -0.3 is 19.2 Å². The Kier molecular flexibility index (Phi) is 4.73. The van der Waals surface area contributed by atoms with Crippen molar-refractivity contribution >= 4 is 17.6 Å². The van der Waals surface area contributed by atoms with Crippen LogP contribution >= 0.6 is 0 Å². The third kappa shape index (κ3) is 3.98. The number of esters is 1. The quantitative estimate of drug-likeness (QED) is 0.858. The number of benzene rings is 1. The second kappa shape index (κ2) is 7.11. The molecule has 1 saturated heterocycles. The van der Waals surface area contributed by atoms with Gasteiger partial charge in [0.2, 0.25) is 0 Å². The SMILES string of the molecule is O=C(OC[C@@H]1CCCO1)c1ccc(NC(=O)c2ccco2)cc1. The Hall–Kier alpha value is -2.60. The average molecular weight is 315 g/mol. The van der Waals surface area contributed by atoms with Gasteiger partial charge in [-0.1, -0.05) is 0 Å². The summed E-state index contributed by atoms with van der Waals surface area (Å²) in [5.41, 5.74) is 1.00. The molecule has 120 valence electrons. The van der Waals surface area contributed by atoms with Crippen molar-refractivity contribution in [1.29, 1.82) is 0 Å². The van der Waals surface area contributed by atoms with Crippen LogP contribution in [0.5, 0.6) is 0 Å². The summed E-state index contributed by atoms with van der Waals surface area (Å²) in [5.74, 6) is -0.516. The highest BCUT2D eigenvalue weighted by Gasteiger charge is 2.18. The molecule has 2 heterocycles. The number of carbonyl (C=O) groups excluding carboxylic acids is 2. The summed E-state index contributed by atoms with van der Waals surface area (Å²) < 4.78 is 15.6. The van der Waals surface area contributed by atoms with Gasteiger partial charge in [-0.15, -0.1) is 0 Å². The molecule has 0 radical (unpaired) electrons. The number of anilines is 1. The molecule has 0 unspecified atom stereocenters. The number of ether oxygens (including phenoxy) is 2. The van der Waals surface area contributed by atoms with Gasteiger partial charge in [-0.25, -0.2) is 4.79 Å². The van der Waals surface area contributed by atoms with E-state index in [9.17, 15) is 9.59 Å². The van der Waals surface area contributed by atoms with E-state index in [1.165, 1.54) is 6.26 Å². The van der Waals surface area contributed by atoms with Gasteiger partial charge >= 0.3 is 5.97 Å². The second-order valence-corrected chi connectivity index (χ2v) is 5.24. The maximum atomic E-state index is 11.9. The van der Waals surface area contributed by atoms with Crippen molar-refractivity contribution in [2.24, 2.45) is 0 Å². The van der Waals surface area contributed by atoms with E-state index in [2.05, 4.69) is 5.32 Å². The molecule has 23 heavy (non-hydrogen) atoms. The van der Waals surface area contributed by atoms with Crippen LogP contribution in [0.15, 0.2) is 47.1 Å². The minimum absolute atomic E-state index is 0.00538. The van der Waals surface area contributed by atoms with E-state index in [-0.39, 0.29) is 24.4 Å². The van der Waals surface area contributed by atoms with Crippen molar-refractivity contribution in [3.05, 3.63) is 54.0 Å². The number of rotatable bonds is 5. The van der Waals surface area contributed by atoms with Crippen LogP contribution < -0.4 is 5.32 Å². The molecule has 2 aromatic rings. The first kappa shape index (κ1) is 15.3. The maximum absolute atomic E-state index is 11.9. The van der Waals surface area contributed by atoms with E-state index in [0.717, 1.165) is 19.4 Å². The summed E-state index contributed by atoms with van der Waals surface area (Å²) in [5, 5.41) is 2.68. The van der Waals surface area contributed by atoms with Crippen molar-refractivity contribution in [2.75, 3.05) is 18.5 Å². The molecule has 3 rings (SSSR count). The first-order chi connectivity index (χ1) is 11.2. The Morgan fingerprint density at radius 3 is 2.70 bits per heavy atom. The summed E-state index contributed by atoms with van der Waals surface area (Å²) in [6, 6.07) is 9.71. The van der Waals surface area contributed by atoms with E-state index >= 15 is 0 Å². The Morgan fingerprint density at radius 2 is 2.04 bits per heavy atom. The summed E-state index contributed by atoms with van der Waals surface area (Å²) in [4.78, 5) is 23.8. The van der Waals surface area contributed by atoms with Crippen molar-refractivity contribution in [2.45, 2.75) is 18.9 Å². The second-order valence-electron chi connectivity index (χ2n) is 5.24. The highest BCUT2D eigenvalue weighted by atomic mass is 16.6. The molecule has 0 bridgehead atoms. The fourth-order valence-corrected chi connectivity index (χ4v) is 2.32. The topological polar surface area (TPSA) is 77.8 Å². The summed E-state index contributed by atoms with van der Waals surface area (Å²) in [6.45, 7) is 1.00. The van der Waals surface area contributed by atoms with Crippen molar-refractivity contribution < 1.29 is 23.5 Å². The largest absolute Gasteiger partial charge is 0.459 e. The van der Waals surface area contributed by atoms with E-state index < -0.39 is 5.97 Å². The van der Waals surface area contributed by atoms with Crippen LogP contribution in [0.1, 0.15) is 33.8 Å². The Labute approximate surface area is 133 Å². The van der Waals surface area contributed by atoms with Gasteiger partial charge in [0.1, 0.15) is 6.61 Å². The summed E-state index contributed by atoms with van der Waals surface area (Å²) in [6.07, 6.45) is 3.37. The number of amides is 1. The van der Waals surface area contributed by atoms with Crippen molar-refractivity contribution in [3.63, 3.8) is 0 Å². The van der Waals surface area contributed by atoms with Crippen LogP contribution in [0.3, 0.4) is 0 Å². The molecular weight excluding hydrogens is 298 g/mol. The molecule has 1 aliphatic heterocycles. The molecule has 1 fully saturated rings. The molecule has 6 nitrogen and oxygen atoms in total. The van der Waals surface area contributed by atoms with Gasteiger partial charge in [0, 0.05) is 12.3 Å². The number of nitrogens with one attached hydrogen (secondary N) is 1. The zero-order chi connectivity index (χ0) is 16.1. The summed E-state index contributed by atoms with van der Waals surface area (Å²) >= 11 is 0. The van der Waals surface area contributed by atoms with Gasteiger partial charge in [0.15, 0.2) is 5.76 Å². The highest BCUT2D eigenvalue weighted by Crippen LogP contribution is 2.15. The van der Waals surface area contributed by atoms with E-state index in [1.54, 1.807) is 36.4 Å². The predicted molar refractivity (Wildman–Crippen MR) is 82.4 cm³/mol. The molecule has 1 atom stereocenters. The number of carbonyl (C=O) groups is 2. The maximum Gasteiger partial charge on any atom is 0.338 e. The van der Waals surface area contributed by atoms with Crippen LogP contribution in [0.4, 0.5) is 5.69 Å².